The topological polar surface area (TPSA) is 41.0 Å². The van der Waals surface area contributed by atoms with Crippen molar-refractivity contribution < 1.29 is 4.39 Å². The van der Waals surface area contributed by atoms with Gasteiger partial charge in [0.2, 0.25) is 0 Å². The third kappa shape index (κ3) is 3.44. The molecule has 0 aliphatic carbocycles. The number of H-pyrrole nitrogens is 1. The molecule has 3 nitrogen and oxygen atoms in total. The second-order valence-electron chi connectivity index (χ2n) is 5.87. The van der Waals surface area contributed by atoms with Crippen LogP contribution in [-0.2, 0) is 0 Å². The molecule has 0 spiro atoms. The number of benzene rings is 3. The normalized spacial score (nSPS) is 11.5. The van der Waals surface area contributed by atoms with Crippen LogP contribution in [0.4, 0.5) is 10.1 Å². The third-order valence-electron chi connectivity index (χ3n) is 4.08. The summed E-state index contributed by atoms with van der Waals surface area (Å²) in [7, 11) is 0. The first-order chi connectivity index (χ1) is 12.8. The maximum absolute atomic E-state index is 13.2. The second kappa shape index (κ2) is 7.15. The molecule has 4 aromatic rings. The molecule has 0 aliphatic heterocycles. The Morgan fingerprint density at radius 2 is 1.62 bits per heavy atom. The minimum atomic E-state index is -0.241. The number of nitrogens with one attached hydrogen (secondary N) is 1. The lowest BCUT2D eigenvalue weighted by Crippen LogP contribution is -2.02. The van der Waals surface area contributed by atoms with Gasteiger partial charge in [0.1, 0.15) is 5.82 Å². The molecule has 126 valence electrons. The van der Waals surface area contributed by atoms with E-state index >= 15 is 0 Å². The standard InChI is InChI=1S/C22H16FN3/c23-20-11-9-16(10-12-20)17-5-4-6-18(13-17)22(19-14-24-25-15-19)26-21-7-2-1-3-8-21/h1-15H,(H,24,25). The molecule has 4 rings (SSSR count). The van der Waals surface area contributed by atoms with E-state index in [0.717, 1.165) is 33.7 Å². The first-order valence-electron chi connectivity index (χ1n) is 8.29. The maximum atomic E-state index is 13.2. The molecule has 26 heavy (non-hydrogen) atoms. The quantitative estimate of drug-likeness (QED) is 0.497. The largest absolute Gasteiger partial charge is 0.285 e. The number of para-hydroxylation sites is 1. The highest BCUT2D eigenvalue weighted by Crippen LogP contribution is 2.24. The van der Waals surface area contributed by atoms with E-state index in [-0.39, 0.29) is 5.82 Å². The zero-order chi connectivity index (χ0) is 17.8. The van der Waals surface area contributed by atoms with Crippen LogP contribution >= 0.6 is 0 Å². The minimum absolute atomic E-state index is 0.241. The Hall–Kier alpha value is -3.53. The summed E-state index contributed by atoms with van der Waals surface area (Å²) in [5, 5.41) is 6.90. The Bertz CT molecular complexity index is 1020. The van der Waals surface area contributed by atoms with Crippen LogP contribution in [0.25, 0.3) is 11.1 Å². The zero-order valence-corrected chi connectivity index (χ0v) is 13.9. The van der Waals surface area contributed by atoms with Gasteiger partial charge in [-0.1, -0.05) is 48.5 Å². The van der Waals surface area contributed by atoms with Crippen molar-refractivity contribution >= 4 is 11.4 Å². The van der Waals surface area contributed by atoms with Gasteiger partial charge in [-0.05, 0) is 41.5 Å². The van der Waals surface area contributed by atoms with E-state index < -0.39 is 0 Å². The van der Waals surface area contributed by atoms with Crippen LogP contribution in [0.1, 0.15) is 11.1 Å². The van der Waals surface area contributed by atoms with Crippen LogP contribution in [0, 0.1) is 5.82 Å². The summed E-state index contributed by atoms with van der Waals surface area (Å²) >= 11 is 0. The lowest BCUT2D eigenvalue weighted by molar-refractivity contribution is 0.628. The van der Waals surface area contributed by atoms with Gasteiger partial charge in [0.15, 0.2) is 0 Å². The van der Waals surface area contributed by atoms with Crippen LogP contribution in [0.2, 0.25) is 0 Å². The summed E-state index contributed by atoms with van der Waals surface area (Å²) in [4.78, 5) is 4.82. The van der Waals surface area contributed by atoms with Crippen molar-refractivity contribution in [2.45, 2.75) is 0 Å². The SMILES string of the molecule is Fc1ccc(-c2cccc(C(=Nc3ccccc3)c3cn[nH]c3)c2)cc1. The van der Waals surface area contributed by atoms with Crippen LogP contribution in [0.5, 0.6) is 0 Å². The lowest BCUT2D eigenvalue weighted by Gasteiger charge is -2.08. The van der Waals surface area contributed by atoms with E-state index in [0.29, 0.717) is 0 Å². The molecule has 0 atom stereocenters. The van der Waals surface area contributed by atoms with Gasteiger partial charge in [-0.25, -0.2) is 9.38 Å². The van der Waals surface area contributed by atoms with Gasteiger partial charge in [0.05, 0.1) is 17.6 Å². The molecule has 0 unspecified atom stereocenters. The van der Waals surface area contributed by atoms with Crippen LogP contribution in [0.15, 0.2) is 96.2 Å². The molecule has 0 aliphatic rings. The first-order valence-corrected chi connectivity index (χ1v) is 8.29. The van der Waals surface area contributed by atoms with Crippen molar-refractivity contribution in [3.63, 3.8) is 0 Å². The van der Waals surface area contributed by atoms with Crippen molar-refractivity contribution in [3.8, 4) is 11.1 Å². The number of aromatic nitrogens is 2. The molecule has 0 saturated heterocycles. The van der Waals surface area contributed by atoms with Crippen molar-refractivity contribution in [3.05, 3.63) is 108 Å². The number of halogens is 1. The van der Waals surface area contributed by atoms with Gasteiger partial charge in [-0.2, -0.15) is 5.10 Å². The van der Waals surface area contributed by atoms with Crippen LogP contribution in [-0.4, -0.2) is 15.9 Å². The summed E-state index contributed by atoms with van der Waals surface area (Å²) in [6, 6.07) is 24.4. The third-order valence-corrected chi connectivity index (χ3v) is 4.08. The summed E-state index contributed by atoms with van der Waals surface area (Å²) in [5.74, 6) is -0.241. The Kier molecular flexibility index (Phi) is 4.39. The molecule has 0 radical (unpaired) electrons. The summed E-state index contributed by atoms with van der Waals surface area (Å²) in [6.07, 6.45) is 3.58. The number of rotatable bonds is 4. The van der Waals surface area contributed by atoms with Crippen molar-refractivity contribution in [2.75, 3.05) is 0 Å². The second-order valence-corrected chi connectivity index (χ2v) is 5.87. The summed E-state index contributed by atoms with van der Waals surface area (Å²) in [5.41, 5.74) is 5.54. The van der Waals surface area contributed by atoms with Crippen molar-refractivity contribution in [1.29, 1.82) is 0 Å². The van der Waals surface area contributed by atoms with E-state index in [9.17, 15) is 4.39 Å². The molecule has 1 N–H and O–H groups in total. The average Bonchev–Trinajstić information content (AvgIpc) is 3.22. The number of aliphatic imine (C=N–C) groups is 1. The highest BCUT2D eigenvalue weighted by Gasteiger charge is 2.10. The smallest absolute Gasteiger partial charge is 0.123 e. The van der Waals surface area contributed by atoms with Gasteiger partial charge < -0.3 is 0 Å². The Morgan fingerprint density at radius 3 is 2.35 bits per heavy atom. The molecule has 0 bridgehead atoms. The van der Waals surface area contributed by atoms with E-state index in [1.165, 1.54) is 12.1 Å². The number of hydrogen-bond donors (Lipinski definition) is 1. The molecule has 0 amide bonds. The first kappa shape index (κ1) is 16.0. The zero-order valence-electron chi connectivity index (χ0n) is 13.9. The Balaban J connectivity index is 1.81. The molecule has 0 saturated carbocycles. The molecule has 3 aromatic carbocycles. The number of nitrogens with zero attached hydrogens (tertiary/aromatic N) is 2. The summed E-state index contributed by atoms with van der Waals surface area (Å²) in [6.45, 7) is 0. The molecular weight excluding hydrogens is 325 g/mol. The van der Waals surface area contributed by atoms with Gasteiger partial charge >= 0.3 is 0 Å². The highest BCUT2D eigenvalue weighted by molar-refractivity contribution is 6.14. The number of hydrogen-bond acceptors (Lipinski definition) is 2. The van der Waals surface area contributed by atoms with Crippen molar-refractivity contribution in [1.82, 2.24) is 10.2 Å². The fourth-order valence-electron chi connectivity index (χ4n) is 2.80. The van der Waals surface area contributed by atoms with Gasteiger partial charge in [-0.3, -0.25) is 5.10 Å². The maximum Gasteiger partial charge on any atom is 0.123 e. The highest BCUT2D eigenvalue weighted by atomic mass is 19.1. The number of aromatic amines is 1. The molecule has 1 heterocycles. The Morgan fingerprint density at radius 1 is 0.808 bits per heavy atom. The fraction of sp³-hybridized carbons (Fsp3) is 0. The van der Waals surface area contributed by atoms with Gasteiger partial charge in [0, 0.05) is 17.3 Å². The molecular formula is C22H16FN3. The van der Waals surface area contributed by atoms with Crippen molar-refractivity contribution in [2.24, 2.45) is 4.99 Å². The molecule has 4 heteroatoms. The fourth-order valence-corrected chi connectivity index (χ4v) is 2.80. The molecule has 1 aromatic heterocycles. The predicted octanol–water partition coefficient (Wildman–Crippen LogP) is 5.38. The monoisotopic (exact) mass is 341 g/mol. The van der Waals surface area contributed by atoms with Gasteiger partial charge in [0.25, 0.3) is 0 Å². The minimum Gasteiger partial charge on any atom is -0.285 e. The van der Waals surface area contributed by atoms with E-state index in [2.05, 4.69) is 16.3 Å². The predicted molar refractivity (Wildman–Crippen MR) is 102 cm³/mol. The van der Waals surface area contributed by atoms with E-state index in [1.54, 1.807) is 18.3 Å². The molecule has 0 fully saturated rings. The van der Waals surface area contributed by atoms with E-state index in [4.69, 9.17) is 4.99 Å². The average molecular weight is 341 g/mol. The Labute approximate surface area is 150 Å². The van der Waals surface area contributed by atoms with Gasteiger partial charge in [-0.15, -0.1) is 0 Å². The summed E-state index contributed by atoms with van der Waals surface area (Å²) < 4.78 is 13.2. The van der Waals surface area contributed by atoms with Crippen LogP contribution < -0.4 is 0 Å². The van der Waals surface area contributed by atoms with E-state index in [1.807, 2.05) is 54.7 Å². The van der Waals surface area contributed by atoms with Crippen LogP contribution in [0.3, 0.4) is 0 Å². The lowest BCUT2D eigenvalue weighted by atomic mass is 9.99.